The Bertz CT molecular complexity index is 1050. The van der Waals surface area contributed by atoms with Crippen molar-refractivity contribution >= 4 is 11.9 Å². The van der Waals surface area contributed by atoms with Crippen molar-refractivity contribution in [3.8, 4) is 0 Å². The fourth-order valence-corrected chi connectivity index (χ4v) is 7.16. The number of rotatable bonds is 43. The van der Waals surface area contributed by atoms with Gasteiger partial charge in [-0.25, -0.2) is 0 Å². The lowest BCUT2D eigenvalue weighted by atomic mass is 10.0. The van der Waals surface area contributed by atoms with Crippen molar-refractivity contribution in [2.24, 2.45) is 0 Å². The van der Waals surface area contributed by atoms with Crippen molar-refractivity contribution < 1.29 is 24.5 Å². The van der Waals surface area contributed by atoms with Gasteiger partial charge in [-0.15, -0.1) is 0 Å². The molecule has 0 spiro atoms. The molecule has 0 aliphatic heterocycles. The van der Waals surface area contributed by atoms with E-state index in [4.69, 9.17) is 4.74 Å². The summed E-state index contributed by atoms with van der Waals surface area (Å²) in [6.07, 6.45) is 55.8. The number of aliphatic hydroxyl groups is 2. The summed E-state index contributed by atoms with van der Waals surface area (Å²) < 4.78 is 5.85. The largest absolute Gasteiger partial charge is 0.461 e. The lowest BCUT2D eigenvalue weighted by Crippen LogP contribution is -2.46. The SMILES string of the molecule is CC/C=C\C/C=C\C/C=C\C/C=C\C/C=C\CC(CC(=O)NC(CO)C(O)CCCCCCCCCCCCC)OC(=O)CCCCCCCCCCCCCCC. The molecule has 0 aromatic rings. The maximum atomic E-state index is 13.1. The van der Waals surface area contributed by atoms with Crippen LogP contribution in [0.25, 0.3) is 0 Å². The Hall–Kier alpha value is -2.44. The van der Waals surface area contributed by atoms with Crippen LogP contribution in [-0.4, -0.2) is 46.9 Å². The van der Waals surface area contributed by atoms with Crippen molar-refractivity contribution in [1.82, 2.24) is 5.32 Å². The molecule has 0 fully saturated rings. The van der Waals surface area contributed by atoms with E-state index >= 15 is 0 Å². The Balaban J connectivity index is 4.74. The quantitative estimate of drug-likeness (QED) is 0.0324. The van der Waals surface area contributed by atoms with Gasteiger partial charge in [0, 0.05) is 12.8 Å². The summed E-state index contributed by atoms with van der Waals surface area (Å²) in [6.45, 7) is 6.33. The maximum Gasteiger partial charge on any atom is 0.306 e. The molecule has 0 aliphatic carbocycles. The number of aliphatic hydroxyl groups excluding tert-OH is 2. The first-order chi connectivity index (χ1) is 28.5. The van der Waals surface area contributed by atoms with Gasteiger partial charge in [-0.2, -0.15) is 0 Å². The number of nitrogens with one attached hydrogen (secondary N) is 1. The van der Waals surface area contributed by atoms with Crippen LogP contribution in [0.1, 0.15) is 233 Å². The molecular weight excluding hydrogens is 719 g/mol. The van der Waals surface area contributed by atoms with E-state index in [9.17, 15) is 19.8 Å². The van der Waals surface area contributed by atoms with Crippen molar-refractivity contribution in [3.05, 3.63) is 60.8 Å². The Morgan fingerprint density at radius 1 is 0.517 bits per heavy atom. The highest BCUT2D eigenvalue weighted by molar-refractivity contribution is 5.77. The standard InChI is InChI=1S/C52H93NO5/c1-4-7-10-13-16-19-22-24-25-27-29-31-34-37-40-43-48(58-52(57)45-42-39-36-33-30-26-23-20-17-14-11-8-5-2)46-51(56)53-49(47-54)50(55)44-41-38-35-32-28-21-18-15-12-9-6-3/h7,10,16,19,24-25,29,31,37,40,48-50,54-55H,4-6,8-9,11-15,17-18,20-23,26-28,30,32-36,38-39,41-47H2,1-3H3,(H,53,56)/b10-7-,19-16-,25-24-,31-29-,40-37-. The molecule has 6 nitrogen and oxygen atoms in total. The summed E-state index contributed by atoms with van der Waals surface area (Å²) in [6, 6.07) is -0.730. The molecular formula is C52H93NO5. The van der Waals surface area contributed by atoms with Crippen molar-refractivity contribution in [3.63, 3.8) is 0 Å². The number of hydrogen-bond acceptors (Lipinski definition) is 5. The van der Waals surface area contributed by atoms with E-state index in [2.05, 4.69) is 74.7 Å². The second kappa shape index (κ2) is 45.6. The van der Waals surface area contributed by atoms with Gasteiger partial charge in [-0.1, -0.05) is 229 Å². The molecule has 0 saturated carbocycles. The van der Waals surface area contributed by atoms with Gasteiger partial charge in [-0.05, 0) is 44.9 Å². The Morgan fingerprint density at radius 2 is 0.897 bits per heavy atom. The van der Waals surface area contributed by atoms with Gasteiger partial charge in [0.25, 0.3) is 0 Å². The summed E-state index contributed by atoms with van der Waals surface area (Å²) in [5, 5.41) is 23.6. The van der Waals surface area contributed by atoms with E-state index in [0.717, 1.165) is 70.6 Å². The van der Waals surface area contributed by atoms with Crippen LogP contribution in [0.2, 0.25) is 0 Å². The van der Waals surface area contributed by atoms with Gasteiger partial charge >= 0.3 is 5.97 Å². The van der Waals surface area contributed by atoms with Crippen LogP contribution in [0.5, 0.6) is 0 Å². The first-order valence-electron chi connectivity index (χ1n) is 24.5. The highest BCUT2D eigenvalue weighted by Gasteiger charge is 2.23. The lowest BCUT2D eigenvalue weighted by Gasteiger charge is -2.24. The maximum absolute atomic E-state index is 13.1. The normalized spacial score (nSPS) is 13.8. The number of esters is 1. The molecule has 3 N–H and O–H groups in total. The fraction of sp³-hybridized carbons (Fsp3) is 0.769. The second-order valence-corrected chi connectivity index (χ2v) is 16.5. The van der Waals surface area contributed by atoms with Crippen LogP contribution in [0, 0.1) is 0 Å². The third-order valence-corrected chi connectivity index (χ3v) is 10.9. The molecule has 6 heteroatoms. The minimum absolute atomic E-state index is 0.000317. The summed E-state index contributed by atoms with van der Waals surface area (Å²) in [5.74, 6) is -0.577. The Morgan fingerprint density at radius 3 is 1.31 bits per heavy atom. The number of ether oxygens (including phenoxy) is 1. The van der Waals surface area contributed by atoms with Crippen LogP contribution in [0.15, 0.2) is 60.8 Å². The van der Waals surface area contributed by atoms with Crippen molar-refractivity contribution in [1.29, 1.82) is 0 Å². The van der Waals surface area contributed by atoms with Crippen LogP contribution >= 0.6 is 0 Å². The minimum Gasteiger partial charge on any atom is -0.461 e. The number of amides is 1. The van der Waals surface area contributed by atoms with Crippen LogP contribution < -0.4 is 5.32 Å². The van der Waals surface area contributed by atoms with Crippen molar-refractivity contribution in [2.45, 2.75) is 251 Å². The molecule has 0 aromatic heterocycles. The van der Waals surface area contributed by atoms with Gasteiger partial charge in [0.2, 0.25) is 5.91 Å². The molecule has 0 aromatic carbocycles. The summed E-state index contributed by atoms with van der Waals surface area (Å²) in [7, 11) is 0. The van der Waals surface area contributed by atoms with Gasteiger partial charge in [0.1, 0.15) is 6.10 Å². The number of allylic oxidation sites excluding steroid dienone is 9. The molecule has 0 radical (unpaired) electrons. The molecule has 0 aliphatic rings. The predicted molar refractivity (Wildman–Crippen MR) is 250 cm³/mol. The van der Waals surface area contributed by atoms with E-state index in [1.165, 1.54) is 116 Å². The third kappa shape index (κ3) is 40.3. The zero-order valence-electron chi connectivity index (χ0n) is 38.2. The number of unbranched alkanes of at least 4 members (excludes halogenated alkanes) is 22. The molecule has 0 saturated heterocycles. The summed E-state index contributed by atoms with van der Waals surface area (Å²) >= 11 is 0. The van der Waals surface area contributed by atoms with E-state index in [0.29, 0.717) is 19.3 Å². The monoisotopic (exact) mass is 812 g/mol. The highest BCUT2D eigenvalue weighted by Crippen LogP contribution is 2.16. The number of carbonyl (C=O) groups excluding carboxylic acids is 2. The molecule has 58 heavy (non-hydrogen) atoms. The zero-order chi connectivity index (χ0) is 42.4. The molecule has 336 valence electrons. The number of carbonyl (C=O) groups is 2. The average molecular weight is 812 g/mol. The van der Waals surface area contributed by atoms with Gasteiger partial charge in [0.15, 0.2) is 0 Å². The van der Waals surface area contributed by atoms with Gasteiger partial charge in [0.05, 0.1) is 25.2 Å². The highest BCUT2D eigenvalue weighted by atomic mass is 16.5. The molecule has 0 heterocycles. The second-order valence-electron chi connectivity index (χ2n) is 16.5. The predicted octanol–water partition coefficient (Wildman–Crippen LogP) is 14.5. The van der Waals surface area contributed by atoms with Crippen LogP contribution in [-0.2, 0) is 14.3 Å². The topological polar surface area (TPSA) is 95.9 Å². The molecule has 3 atom stereocenters. The van der Waals surface area contributed by atoms with E-state index in [1.807, 2.05) is 12.2 Å². The summed E-state index contributed by atoms with van der Waals surface area (Å²) in [5.41, 5.74) is 0. The molecule has 3 unspecified atom stereocenters. The third-order valence-electron chi connectivity index (χ3n) is 10.9. The zero-order valence-corrected chi connectivity index (χ0v) is 38.2. The first kappa shape index (κ1) is 55.6. The Labute approximate surface area is 358 Å². The molecule has 0 rings (SSSR count). The fourth-order valence-electron chi connectivity index (χ4n) is 7.16. The minimum atomic E-state index is -0.810. The average Bonchev–Trinajstić information content (AvgIpc) is 3.22. The van der Waals surface area contributed by atoms with Gasteiger partial charge in [-0.3, -0.25) is 9.59 Å². The number of hydrogen-bond donors (Lipinski definition) is 3. The first-order valence-corrected chi connectivity index (χ1v) is 24.5. The summed E-state index contributed by atoms with van der Waals surface area (Å²) in [4.78, 5) is 26.0. The van der Waals surface area contributed by atoms with E-state index < -0.39 is 18.2 Å². The van der Waals surface area contributed by atoms with E-state index in [1.54, 1.807) is 0 Å². The Kier molecular flexibility index (Phi) is 43.7. The van der Waals surface area contributed by atoms with Gasteiger partial charge < -0.3 is 20.3 Å². The lowest BCUT2D eigenvalue weighted by molar-refractivity contribution is -0.150. The molecule has 1 amide bonds. The van der Waals surface area contributed by atoms with Crippen LogP contribution in [0.4, 0.5) is 0 Å². The molecule has 0 bridgehead atoms. The van der Waals surface area contributed by atoms with Crippen molar-refractivity contribution in [2.75, 3.05) is 6.61 Å². The van der Waals surface area contributed by atoms with Crippen LogP contribution in [0.3, 0.4) is 0 Å². The smallest absolute Gasteiger partial charge is 0.306 e. The van der Waals surface area contributed by atoms with E-state index in [-0.39, 0.29) is 24.9 Å².